The van der Waals surface area contributed by atoms with Crippen molar-refractivity contribution in [2.75, 3.05) is 26.6 Å². The monoisotopic (exact) mass is 302 g/mol. The van der Waals surface area contributed by atoms with Crippen LogP contribution in [0.5, 0.6) is 5.75 Å². The van der Waals surface area contributed by atoms with E-state index in [1.807, 2.05) is 12.1 Å². The Hall–Kier alpha value is -1.60. The van der Waals surface area contributed by atoms with E-state index in [2.05, 4.69) is 8.92 Å². The summed E-state index contributed by atoms with van der Waals surface area (Å²) >= 11 is 0. The molecule has 1 aromatic carbocycles. The summed E-state index contributed by atoms with van der Waals surface area (Å²) in [5.41, 5.74) is 1.03. The number of carbonyl (C=O) groups is 1. The van der Waals surface area contributed by atoms with E-state index in [1.54, 1.807) is 12.1 Å². The summed E-state index contributed by atoms with van der Waals surface area (Å²) in [7, 11) is -2.07. The molecule has 0 N–H and O–H groups in total. The van der Waals surface area contributed by atoms with Gasteiger partial charge in [-0.05, 0) is 30.5 Å². The van der Waals surface area contributed by atoms with Crippen molar-refractivity contribution in [3.8, 4) is 5.75 Å². The second-order valence-corrected chi connectivity index (χ2v) is 5.78. The molecular formula is C13H18O6S. The summed E-state index contributed by atoms with van der Waals surface area (Å²) in [6.07, 6.45) is 2.34. The molecule has 0 heterocycles. The quantitative estimate of drug-likeness (QED) is 0.407. The molecule has 0 aliphatic heterocycles. The largest absolute Gasteiger partial charge is 0.482 e. The van der Waals surface area contributed by atoms with E-state index in [-0.39, 0.29) is 13.2 Å². The van der Waals surface area contributed by atoms with Crippen LogP contribution in [0.1, 0.15) is 12.0 Å². The number of carbonyl (C=O) groups excluding carboxylic acids is 1. The van der Waals surface area contributed by atoms with Gasteiger partial charge in [-0.25, -0.2) is 4.79 Å². The van der Waals surface area contributed by atoms with E-state index >= 15 is 0 Å². The van der Waals surface area contributed by atoms with Gasteiger partial charge in [-0.3, -0.25) is 4.18 Å². The number of hydrogen-bond acceptors (Lipinski definition) is 6. The van der Waals surface area contributed by atoms with Crippen LogP contribution in [-0.4, -0.2) is 41.0 Å². The van der Waals surface area contributed by atoms with Gasteiger partial charge in [-0.2, -0.15) is 8.42 Å². The molecule has 0 amide bonds. The molecule has 0 saturated carbocycles. The molecule has 0 unspecified atom stereocenters. The number of ether oxygens (including phenoxy) is 2. The molecule has 0 bridgehead atoms. The van der Waals surface area contributed by atoms with Gasteiger partial charge < -0.3 is 9.47 Å². The summed E-state index contributed by atoms with van der Waals surface area (Å²) in [5.74, 6) is 0.138. The van der Waals surface area contributed by atoms with E-state index in [0.29, 0.717) is 18.6 Å². The average molecular weight is 302 g/mol. The molecule has 0 spiro atoms. The molecule has 0 atom stereocenters. The Morgan fingerprint density at radius 2 is 1.85 bits per heavy atom. The van der Waals surface area contributed by atoms with Crippen LogP contribution in [0.3, 0.4) is 0 Å². The second-order valence-electron chi connectivity index (χ2n) is 4.14. The SMILES string of the molecule is COC(=O)COc1ccc(CCCOS(C)(=O)=O)cc1. The van der Waals surface area contributed by atoms with Crippen molar-refractivity contribution in [1.29, 1.82) is 0 Å². The fourth-order valence-corrected chi connectivity index (χ4v) is 1.86. The van der Waals surface area contributed by atoms with Crippen molar-refractivity contribution in [3.63, 3.8) is 0 Å². The lowest BCUT2D eigenvalue weighted by molar-refractivity contribution is -0.142. The Morgan fingerprint density at radius 3 is 2.40 bits per heavy atom. The Kier molecular flexibility index (Phi) is 6.47. The molecule has 7 heteroatoms. The van der Waals surface area contributed by atoms with E-state index < -0.39 is 16.1 Å². The minimum atomic E-state index is -3.37. The molecule has 0 saturated heterocycles. The lowest BCUT2D eigenvalue weighted by atomic mass is 10.1. The summed E-state index contributed by atoms with van der Waals surface area (Å²) in [6, 6.07) is 7.20. The maximum absolute atomic E-state index is 10.9. The molecule has 20 heavy (non-hydrogen) atoms. The lowest BCUT2D eigenvalue weighted by Crippen LogP contribution is -2.12. The first-order valence-electron chi connectivity index (χ1n) is 6.03. The summed E-state index contributed by atoms with van der Waals surface area (Å²) in [5, 5.41) is 0. The van der Waals surface area contributed by atoms with Gasteiger partial charge in [0.1, 0.15) is 5.75 Å². The molecule has 112 valence electrons. The zero-order valence-corrected chi connectivity index (χ0v) is 12.3. The Labute approximate surface area is 118 Å². The van der Waals surface area contributed by atoms with Gasteiger partial charge in [0.15, 0.2) is 6.61 Å². The van der Waals surface area contributed by atoms with Crippen molar-refractivity contribution < 1.29 is 26.9 Å². The van der Waals surface area contributed by atoms with Gasteiger partial charge in [0.05, 0.1) is 20.0 Å². The maximum atomic E-state index is 10.9. The van der Waals surface area contributed by atoms with Crippen molar-refractivity contribution >= 4 is 16.1 Å². The van der Waals surface area contributed by atoms with Gasteiger partial charge >= 0.3 is 5.97 Å². The van der Waals surface area contributed by atoms with Crippen LogP contribution in [0.4, 0.5) is 0 Å². The fourth-order valence-electron chi connectivity index (χ4n) is 1.44. The van der Waals surface area contributed by atoms with Crippen LogP contribution in [0.2, 0.25) is 0 Å². The van der Waals surface area contributed by atoms with E-state index in [9.17, 15) is 13.2 Å². The summed E-state index contributed by atoms with van der Waals surface area (Å²) in [6.45, 7) is 0.0392. The second kappa shape index (κ2) is 7.86. The number of aryl methyl sites for hydroxylation is 1. The van der Waals surface area contributed by atoms with Crippen molar-refractivity contribution in [1.82, 2.24) is 0 Å². The third-order valence-electron chi connectivity index (χ3n) is 2.41. The minimum Gasteiger partial charge on any atom is -0.482 e. The van der Waals surface area contributed by atoms with E-state index in [1.165, 1.54) is 7.11 Å². The van der Waals surface area contributed by atoms with Crippen molar-refractivity contribution in [2.24, 2.45) is 0 Å². The molecule has 0 aromatic heterocycles. The highest BCUT2D eigenvalue weighted by Crippen LogP contribution is 2.13. The fraction of sp³-hybridized carbons (Fsp3) is 0.462. The van der Waals surface area contributed by atoms with Crippen LogP contribution in [0.25, 0.3) is 0 Å². The van der Waals surface area contributed by atoms with Crippen LogP contribution in [0.15, 0.2) is 24.3 Å². The highest BCUT2D eigenvalue weighted by atomic mass is 32.2. The zero-order chi connectivity index (χ0) is 15.0. The van der Waals surface area contributed by atoms with Gasteiger partial charge in [-0.15, -0.1) is 0 Å². The smallest absolute Gasteiger partial charge is 0.343 e. The van der Waals surface area contributed by atoms with Crippen LogP contribution in [0, 0.1) is 0 Å². The maximum Gasteiger partial charge on any atom is 0.343 e. The molecule has 0 radical (unpaired) electrons. The standard InChI is InChI=1S/C13H18O6S/c1-17-13(14)10-18-12-7-5-11(6-8-12)4-3-9-19-20(2,15)16/h5-8H,3-4,9-10H2,1-2H3. The zero-order valence-electron chi connectivity index (χ0n) is 11.5. The average Bonchev–Trinajstić information content (AvgIpc) is 2.41. The number of methoxy groups -OCH3 is 1. The van der Waals surface area contributed by atoms with Crippen LogP contribution in [-0.2, 0) is 30.3 Å². The Morgan fingerprint density at radius 1 is 1.20 bits per heavy atom. The molecule has 1 rings (SSSR count). The minimum absolute atomic E-state index is 0.127. The highest BCUT2D eigenvalue weighted by Gasteiger charge is 2.03. The lowest BCUT2D eigenvalue weighted by Gasteiger charge is -2.06. The normalized spacial score (nSPS) is 11.1. The van der Waals surface area contributed by atoms with Crippen molar-refractivity contribution in [3.05, 3.63) is 29.8 Å². The molecule has 0 fully saturated rings. The predicted octanol–water partition coefficient (Wildman–Crippen LogP) is 1.15. The van der Waals surface area contributed by atoms with Gasteiger partial charge in [0.25, 0.3) is 10.1 Å². The Balaban J connectivity index is 2.33. The number of hydrogen-bond donors (Lipinski definition) is 0. The molecule has 0 aliphatic rings. The third-order valence-corrected chi connectivity index (χ3v) is 3.01. The van der Waals surface area contributed by atoms with E-state index in [4.69, 9.17) is 4.74 Å². The van der Waals surface area contributed by atoms with Gasteiger partial charge in [-0.1, -0.05) is 12.1 Å². The Bertz CT molecular complexity index is 520. The first kappa shape index (κ1) is 16.5. The number of rotatable bonds is 8. The van der Waals surface area contributed by atoms with Crippen LogP contribution < -0.4 is 4.74 Å². The number of benzene rings is 1. The number of esters is 1. The molecule has 1 aromatic rings. The summed E-state index contributed by atoms with van der Waals surface area (Å²) < 4.78 is 35.8. The third kappa shape index (κ3) is 7.10. The van der Waals surface area contributed by atoms with Crippen LogP contribution >= 0.6 is 0 Å². The predicted molar refractivity (Wildman–Crippen MR) is 73.1 cm³/mol. The topological polar surface area (TPSA) is 78.9 Å². The highest BCUT2D eigenvalue weighted by molar-refractivity contribution is 7.85. The van der Waals surface area contributed by atoms with Gasteiger partial charge in [0, 0.05) is 0 Å². The molecule has 6 nitrogen and oxygen atoms in total. The van der Waals surface area contributed by atoms with E-state index in [0.717, 1.165) is 11.8 Å². The first-order chi connectivity index (χ1) is 9.40. The molecular weight excluding hydrogens is 284 g/mol. The summed E-state index contributed by atoms with van der Waals surface area (Å²) in [4.78, 5) is 10.9. The van der Waals surface area contributed by atoms with Gasteiger partial charge in [0.2, 0.25) is 0 Å². The van der Waals surface area contributed by atoms with Crippen molar-refractivity contribution in [2.45, 2.75) is 12.8 Å². The first-order valence-corrected chi connectivity index (χ1v) is 7.85. The molecule has 0 aliphatic carbocycles.